The molecule has 0 aromatic carbocycles. The van der Waals surface area contributed by atoms with Crippen molar-refractivity contribution in [1.82, 2.24) is 29.0 Å². The molecule has 142 valence electrons. The number of aromatic nitrogens is 5. The van der Waals surface area contributed by atoms with E-state index < -0.39 is 6.43 Å². The predicted octanol–water partition coefficient (Wildman–Crippen LogP) is 2.67. The van der Waals surface area contributed by atoms with Gasteiger partial charge in [-0.3, -0.25) is 4.79 Å². The van der Waals surface area contributed by atoms with Crippen LogP contribution in [0.25, 0.3) is 5.78 Å². The molecule has 1 aliphatic heterocycles. The molecule has 7 nitrogen and oxygen atoms in total. The van der Waals surface area contributed by atoms with Crippen molar-refractivity contribution in [3.8, 4) is 0 Å². The summed E-state index contributed by atoms with van der Waals surface area (Å²) in [6.45, 7) is 3.15. The van der Waals surface area contributed by atoms with Gasteiger partial charge in [-0.1, -0.05) is 6.92 Å². The quantitative estimate of drug-likeness (QED) is 0.707. The van der Waals surface area contributed by atoms with Crippen LogP contribution in [-0.4, -0.2) is 48.0 Å². The zero-order chi connectivity index (χ0) is 19.1. The van der Waals surface area contributed by atoms with Crippen LogP contribution in [0.3, 0.4) is 0 Å². The molecular weight excluding hydrogens is 354 g/mol. The maximum Gasteiger partial charge on any atom is 0.280 e. The zero-order valence-corrected chi connectivity index (χ0v) is 15.1. The SMILES string of the molecule is CC1CCN(C(=O)c2ccn(C)c2)C[C@H]1c1cc(C(F)F)nc2ncnn12. The minimum absolute atomic E-state index is 0.0505. The fourth-order valence-electron chi connectivity index (χ4n) is 3.68. The molecule has 1 amide bonds. The summed E-state index contributed by atoms with van der Waals surface area (Å²) in [4.78, 5) is 22.5. The number of halogens is 2. The van der Waals surface area contributed by atoms with Gasteiger partial charge in [0.1, 0.15) is 12.0 Å². The number of nitrogens with zero attached hydrogens (tertiary/aromatic N) is 6. The van der Waals surface area contributed by atoms with Crippen LogP contribution < -0.4 is 0 Å². The van der Waals surface area contributed by atoms with E-state index >= 15 is 0 Å². The predicted molar refractivity (Wildman–Crippen MR) is 93.6 cm³/mol. The summed E-state index contributed by atoms with van der Waals surface area (Å²) in [6, 6.07) is 3.18. The standard InChI is InChI=1S/C18H20F2N6O/c1-11-3-6-25(17(27)12-4-5-24(2)8-12)9-13(11)15-7-14(16(19)20)23-18-21-10-22-26(15)18/h4-5,7-8,10-11,13,16H,3,6,9H2,1-2H3/t11?,13-/m1/s1. The maximum atomic E-state index is 13.3. The molecule has 2 atom stereocenters. The number of carbonyl (C=O) groups is 1. The molecule has 0 radical (unpaired) electrons. The van der Waals surface area contributed by atoms with Crippen molar-refractivity contribution < 1.29 is 13.6 Å². The molecule has 0 saturated carbocycles. The van der Waals surface area contributed by atoms with Gasteiger partial charge in [0.2, 0.25) is 0 Å². The highest BCUT2D eigenvalue weighted by atomic mass is 19.3. The third kappa shape index (κ3) is 3.17. The Morgan fingerprint density at radius 1 is 1.37 bits per heavy atom. The van der Waals surface area contributed by atoms with Gasteiger partial charge >= 0.3 is 0 Å². The number of alkyl halides is 2. The summed E-state index contributed by atoms with van der Waals surface area (Å²) in [5.41, 5.74) is 0.926. The van der Waals surface area contributed by atoms with E-state index in [2.05, 4.69) is 22.0 Å². The van der Waals surface area contributed by atoms with Gasteiger partial charge in [0.05, 0.1) is 11.3 Å². The first-order valence-corrected chi connectivity index (χ1v) is 8.84. The molecule has 27 heavy (non-hydrogen) atoms. The van der Waals surface area contributed by atoms with Crippen molar-refractivity contribution in [3.63, 3.8) is 0 Å². The minimum atomic E-state index is -2.69. The number of amides is 1. The lowest BCUT2D eigenvalue weighted by Gasteiger charge is -2.37. The Kier molecular flexibility index (Phi) is 4.37. The van der Waals surface area contributed by atoms with Gasteiger partial charge in [-0.2, -0.15) is 10.1 Å². The Bertz CT molecular complexity index is 981. The largest absolute Gasteiger partial charge is 0.356 e. The Hall–Kier alpha value is -2.84. The van der Waals surface area contributed by atoms with Crippen LogP contribution in [0.2, 0.25) is 0 Å². The molecule has 1 saturated heterocycles. The average Bonchev–Trinajstić information content (AvgIpc) is 3.29. The number of likely N-dealkylation sites (tertiary alicyclic amines) is 1. The normalized spacial score (nSPS) is 20.6. The van der Waals surface area contributed by atoms with Gasteiger partial charge in [-0.15, -0.1) is 0 Å². The number of hydrogen-bond acceptors (Lipinski definition) is 4. The van der Waals surface area contributed by atoms with Gasteiger partial charge in [-0.05, 0) is 24.5 Å². The van der Waals surface area contributed by atoms with Crippen molar-refractivity contribution in [2.45, 2.75) is 25.7 Å². The van der Waals surface area contributed by atoms with Crippen LogP contribution in [0.4, 0.5) is 8.78 Å². The van der Waals surface area contributed by atoms with E-state index in [9.17, 15) is 13.6 Å². The molecule has 3 aromatic rings. The Labute approximate surface area is 154 Å². The van der Waals surface area contributed by atoms with Crippen LogP contribution in [0.1, 0.15) is 47.4 Å². The molecule has 0 aliphatic carbocycles. The lowest BCUT2D eigenvalue weighted by atomic mass is 9.84. The number of carbonyl (C=O) groups excluding carboxylic acids is 1. The first-order valence-electron chi connectivity index (χ1n) is 8.84. The van der Waals surface area contributed by atoms with Crippen LogP contribution in [0, 0.1) is 5.92 Å². The minimum Gasteiger partial charge on any atom is -0.356 e. The number of piperidine rings is 1. The Balaban J connectivity index is 1.69. The molecule has 1 aliphatic rings. The van der Waals surface area contributed by atoms with Crippen molar-refractivity contribution in [2.75, 3.05) is 13.1 Å². The van der Waals surface area contributed by atoms with Gasteiger partial charge < -0.3 is 9.47 Å². The van der Waals surface area contributed by atoms with Crippen LogP contribution in [0.15, 0.2) is 30.9 Å². The highest BCUT2D eigenvalue weighted by molar-refractivity contribution is 5.94. The van der Waals surface area contributed by atoms with Crippen LogP contribution >= 0.6 is 0 Å². The van der Waals surface area contributed by atoms with Gasteiger partial charge in [-0.25, -0.2) is 18.3 Å². The summed E-state index contributed by atoms with van der Waals surface area (Å²) in [7, 11) is 1.86. The van der Waals surface area contributed by atoms with Crippen molar-refractivity contribution in [1.29, 1.82) is 0 Å². The number of hydrogen-bond donors (Lipinski definition) is 0. The second kappa shape index (κ2) is 6.71. The van der Waals surface area contributed by atoms with E-state index in [1.54, 1.807) is 17.2 Å². The van der Waals surface area contributed by atoms with E-state index in [1.165, 1.54) is 16.9 Å². The smallest absolute Gasteiger partial charge is 0.280 e. The number of fused-ring (bicyclic) bond motifs is 1. The summed E-state index contributed by atoms with van der Waals surface area (Å²) in [5.74, 6) is 0.188. The average molecular weight is 374 g/mol. The van der Waals surface area contributed by atoms with Gasteiger partial charge in [0.25, 0.3) is 18.1 Å². The van der Waals surface area contributed by atoms with E-state index in [4.69, 9.17) is 0 Å². The van der Waals surface area contributed by atoms with E-state index in [-0.39, 0.29) is 29.2 Å². The van der Waals surface area contributed by atoms with Crippen molar-refractivity contribution in [3.05, 3.63) is 47.8 Å². The molecule has 1 unspecified atom stereocenters. The van der Waals surface area contributed by atoms with Crippen molar-refractivity contribution >= 4 is 11.7 Å². The fraction of sp³-hybridized carbons (Fsp3) is 0.444. The highest BCUT2D eigenvalue weighted by Crippen LogP contribution is 2.34. The second-order valence-electron chi connectivity index (χ2n) is 7.07. The fourth-order valence-corrected chi connectivity index (χ4v) is 3.68. The molecule has 0 N–H and O–H groups in total. The molecule has 4 heterocycles. The van der Waals surface area contributed by atoms with E-state index in [0.29, 0.717) is 24.3 Å². The Morgan fingerprint density at radius 2 is 2.19 bits per heavy atom. The number of aryl methyl sites for hydroxylation is 1. The van der Waals surface area contributed by atoms with Crippen molar-refractivity contribution in [2.24, 2.45) is 13.0 Å². The Morgan fingerprint density at radius 3 is 2.89 bits per heavy atom. The third-order valence-corrected chi connectivity index (χ3v) is 5.23. The summed E-state index contributed by atoms with van der Waals surface area (Å²) in [6.07, 6.45) is 3.01. The topological polar surface area (TPSA) is 68.3 Å². The summed E-state index contributed by atoms with van der Waals surface area (Å²) < 4.78 is 29.9. The van der Waals surface area contributed by atoms with E-state index in [0.717, 1.165) is 6.42 Å². The summed E-state index contributed by atoms with van der Waals surface area (Å²) in [5, 5.41) is 4.15. The third-order valence-electron chi connectivity index (χ3n) is 5.23. The molecule has 4 rings (SSSR count). The first-order chi connectivity index (χ1) is 12.9. The van der Waals surface area contributed by atoms with Gasteiger partial charge in [0.15, 0.2) is 0 Å². The lowest BCUT2D eigenvalue weighted by molar-refractivity contribution is 0.0665. The molecule has 1 fully saturated rings. The zero-order valence-electron chi connectivity index (χ0n) is 15.1. The second-order valence-corrected chi connectivity index (χ2v) is 7.07. The monoisotopic (exact) mass is 374 g/mol. The van der Waals surface area contributed by atoms with Crippen LogP contribution in [0.5, 0.6) is 0 Å². The van der Waals surface area contributed by atoms with Crippen LogP contribution in [-0.2, 0) is 7.05 Å². The first kappa shape index (κ1) is 17.6. The lowest BCUT2D eigenvalue weighted by Crippen LogP contribution is -2.42. The van der Waals surface area contributed by atoms with Gasteiger partial charge in [0, 0.05) is 38.4 Å². The molecule has 3 aromatic heterocycles. The number of rotatable bonds is 3. The summed E-state index contributed by atoms with van der Waals surface area (Å²) >= 11 is 0. The van der Waals surface area contributed by atoms with E-state index in [1.807, 2.05) is 17.8 Å². The maximum absolute atomic E-state index is 13.3. The molecule has 0 spiro atoms. The molecular formula is C18H20F2N6O. The molecule has 9 heteroatoms. The highest BCUT2D eigenvalue weighted by Gasteiger charge is 2.33. The molecule has 0 bridgehead atoms.